The van der Waals surface area contributed by atoms with Crippen molar-refractivity contribution in [2.45, 2.75) is 26.4 Å². The fraction of sp³-hybridized carbons (Fsp3) is 0.500. The van der Waals surface area contributed by atoms with Crippen molar-refractivity contribution in [3.05, 3.63) is 11.1 Å². The van der Waals surface area contributed by atoms with Crippen LogP contribution in [0.4, 0.5) is 0 Å². The van der Waals surface area contributed by atoms with E-state index in [0.717, 1.165) is 0 Å². The number of allylic oxidation sites excluding steroid dienone is 1. The molecule has 0 aromatic rings. The van der Waals surface area contributed by atoms with Gasteiger partial charge in [0.2, 0.25) is 5.60 Å². The number of aliphatic imine (C=N–C) groups is 1. The Kier molecular flexibility index (Phi) is 6.52. The molecule has 0 saturated heterocycles. The van der Waals surface area contributed by atoms with Crippen LogP contribution in [0.3, 0.4) is 0 Å². The van der Waals surface area contributed by atoms with E-state index < -0.39 is 11.6 Å². The molecular formula is C10H17N3O3S. The summed E-state index contributed by atoms with van der Waals surface area (Å²) in [5.41, 5.74) is 4.88. The maximum Gasteiger partial charge on any atom is 0.350 e. The first-order chi connectivity index (χ1) is 7.85. The van der Waals surface area contributed by atoms with Gasteiger partial charge < -0.3 is 15.7 Å². The Balaban J connectivity index is 4.74. The predicted octanol–water partition coefficient (Wildman–Crippen LogP) is 1.43. The second-order valence-electron chi connectivity index (χ2n) is 3.58. The van der Waals surface area contributed by atoms with E-state index in [0.29, 0.717) is 17.3 Å². The number of nitrogens with two attached hydrogens (primary N) is 1. The van der Waals surface area contributed by atoms with Gasteiger partial charge in [0.05, 0.1) is 5.70 Å². The molecule has 0 aromatic carbocycles. The number of hydrogen-bond donors (Lipinski definition) is 2. The van der Waals surface area contributed by atoms with E-state index in [1.807, 2.05) is 0 Å². The number of hydrogen-bond acceptors (Lipinski definition) is 6. The Morgan fingerprint density at radius 2 is 2.24 bits per heavy atom. The van der Waals surface area contributed by atoms with Crippen LogP contribution in [0, 0.1) is 0 Å². The number of nitrogens with zero attached hydrogens (tertiary/aromatic N) is 2. The highest BCUT2D eigenvalue weighted by Crippen LogP contribution is 2.13. The van der Waals surface area contributed by atoms with E-state index in [9.17, 15) is 4.79 Å². The largest absolute Gasteiger partial charge is 0.478 e. The van der Waals surface area contributed by atoms with Crippen LogP contribution in [0.1, 0.15) is 20.8 Å². The summed E-state index contributed by atoms with van der Waals surface area (Å²) in [4.78, 5) is 19.5. The van der Waals surface area contributed by atoms with Crippen LogP contribution in [0.15, 0.2) is 21.3 Å². The van der Waals surface area contributed by atoms with Gasteiger partial charge in [0.15, 0.2) is 0 Å². The lowest BCUT2D eigenvalue weighted by molar-refractivity contribution is -0.161. The molecule has 17 heavy (non-hydrogen) atoms. The third-order valence-corrected chi connectivity index (χ3v) is 2.34. The molecular weight excluding hydrogens is 242 g/mol. The number of carboxylic acids is 1. The molecule has 0 amide bonds. The summed E-state index contributed by atoms with van der Waals surface area (Å²) in [5, 5.41) is 14.2. The summed E-state index contributed by atoms with van der Waals surface area (Å²) in [6.07, 6.45) is 0. The molecule has 0 atom stereocenters. The topological polar surface area (TPSA) is 97.3 Å². The average molecular weight is 259 g/mol. The van der Waals surface area contributed by atoms with Gasteiger partial charge in [-0.05, 0) is 32.9 Å². The molecule has 0 bridgehead atoms. The monoisotopic (exact) mass is 259 g/mol. The maximum atomic E-state index is 10.8. The molecule has 0 aromatic heterocycles. The first-order valence-electron chi connectivity index (χ1n) is 4.80. The van der Waals surface area contributed by atoms with Gasteiger partial charge in [-0.15, -0.1) is 11.8 Å². The molecule has 0 fully saturated rings. The van der Waals surface area contributed by atoms with Crippen molar-refractivity contribution in [1.82, 2.24) is 0 Å². The van der Waals surface area contributed by atoms with Crippen molar-refractivity contribution in [1.29, 1.82) is 0 Å². The predicted molar refractivity (Wildman–Crippen MR) is 70.2 cm³/mol. The standard InChI is InChI=1S/C10H17N3O3S/c1-7(8(12-4)5-17-6-11)13-16-10(2,3)9(14)15/h5H,4,6,11H2,1-3H3,(H,14,15)/b8-5-,13-7+. The van der Waals surface area contributed by atoms with Crippen molar-refractivity contribution < 1.29 is 14.7 Å². The highest BCUT2D eigenvalue weighted by Gasteiger charge is 2.29. The molecule has 0 saturated carbocycles. The summed E-state index contributed by atoms with van der Waals surface area (Å²) in [6, 6.07) is 0. The Labute approximate surface area is 105 Å². The van der Waals surface area contributed by atoms with Crippen LogP contribution >= 0.6 is 11.8 Å². The lowest BCUT2D eigenvalue weighted by atomic mass is 10.1. The van der Waals surface area contributed by atoms with E-state index in [4.69, 9.17) is 15.7 Å². The van der Waals surface area contributed by atoms with E-state index in [-0.39, 0.29) is 0 Å². The Morgan fingerprint density at radius 3 is 2.65 bits per heavy atom. The molecule has 0 unspecified atom stereocenters. The van der Waals surface area contributed by atoms with E-state index in [1.165, 1.54) is 25.6 Å². The smallest absolute Gasteiger partial charge is 0.350 e. The Hall–Kier alpha value is -1.34. The second-order valence-corrected chi connectivity index (χ2v) is 4.48. The normalized spacial score (nSPS) is 13.4. The minimum atomic E-state index is -1.38. The van der Waals surface area contributed by atoms with Gasteiger partial charge in [-0.1, -0.05) is 5.16 Å². The lowest BCUT2D eigenvalue weighted by Gasteiger charge is -2.16. The Morgan fingerprint density at radius 1 is 1.65 bits per heavy atom. The summed E-state index contributed by atoms with van der Waals surface area (Å²) >= 11 is 1.34. The van der Waals surface area contributed by atoms with Crippen LogP contribution in [0.2, 0.25) is 0 Å². The highest BCUT2D eigenvalue weighted by atomic mass is 32.2. The molecule has 0 aliphatic rings. The number of rotatable bonds is 7. The van der Waals surface area contributed by atoms with Crippen LogP contribution in [0.25, 0.3) is 0 Å². The Bertz CT molecular complexity index is 351. The summed E-state index contributed by atoms with van der Waals surface area (Å²) in [5.74, 6) is -0.684. The summed E-state index contributed by atoms with van der Waals surface area (Å²) in [6.45, 7) is 7.85. The molecule has 0 radical (unpaired) electrons. The van der Waals surface area contributed by atoms with Gasteiger partial charge in [0.25, 0.3) is 0 Å². The third kappa shape index (κ3) is 5.50. The zero-order chi connectivity index (χ0) is 13.5. The van der Waals surface area contributed by atoms with Gasteiger partial charge >= 0.3 is 5.97 Å². The quantitative estimate of drug-likeness (QED) is 0.409. The SMILES string of the molecule is C=NC(=C\SCN)/C(C)=N/OC(C)(C)C(=O)O. The van der Waals surface area contributed by atoms with Crippen molar-refractivity contribution in [2.75, 3.05) is 5.88 Å². The summed E-state index contributed by atoms with van der Waals surface area (Å²) in [7, 11) is 0. The van der Waals surface area contributed by atoms with Gasteiger partial charge in [0.1, 0.15) is 5.71 Å². The highest BCUT2D eigenvalue weighted by molar-refractivity contribution is 8.02. The average Bonchev–Trinajstić information content (AvgIpc) is 2.27. The van der Waals surface area contributed by atoms with Crippen LogP contribution in [0.5, 0.6) is 0 Å². The third-order valence-electron chi connectivity index (χ3n) is 1.76. The molecule has 6 nitrogen and oxygen atoms in total. The zero-order valence-electron chi connectivity index (χ0n) is 10.1. The number of aliphatic carboxylic acids is 1. The molecule has 0 rings (SSSR count). The van der Waals surface area contributed by atoms with Crippen molar-refractivity contribution in [3.63, 3.8) is 0 Å². The van der Waals surface area contributed by atoms with Crippen LogP contribution < -0.4 is 5.73 Å². The number of carboxylic acid groups (broad SMARTS) is 1. The molecule has 7 heteroatoms. The van der Waals surface area contributed by atoms with Crippen molar-refractivity contribution in [2.24, 2.45) is 15.9 Å². The van der Waals surface area contributed by atoms with Gasteiger partial charge in [-0.25, -0.2) is 4.79 Å². The van der Waals surface area contributed by atoms with Gasteiger partial charge in [-0.2, -0.15) is 0 Å². The molecule has 96 valence electrons. The van der Waals surface area contributed by atoms with Crippen molar-refractivity contribution >= 4 is 30.2 Å². The van der Waals surface area contributed by atoms with Gasteiger partial charge in [0, 0.05) is 5.88 Å². The van der Waals surface area contributed by atoms with E-state index in [1.54, 1.807) is 12.3 Å². The lowest BCUT2D eigenvalue weighted by Crippen LogP contribution is -2.33. The molecule has 3 N–H and O–H groups in total. The zero-order valence-corrected chi connectivity index (χ0v) is 11.0. The summed E-state index contributed by atoms with van der Waals surface area (Å²) < 4.78 is 0. The minimum Gasteiger partial charge on any atom is -0.478 e. The number of carbonyl (C=O) groups is 1. The van der Waals surface area contributed by atoms with Gasteiger partial charge in [-0.3, -0.25) is 4.99 Å². The number of thioether (sulfide) groups is 1. The van der Waals surface area contributed by atoms with E-state index in [2.05, 4.69) is 16.9 Å². The molecule has 0 aliphatic heterocycles. The number of oxime groups is 1. The van der Waals surface area contributed by atoms with Crippen molar-refractivity contribution in [3.8, 4) is 0 Å². The van der Waals surface area contributed by atoms with E-state index >= 15 is 0 Å². The fourth-order valence-corrected chi connectivity index (χ4v) is 1.13. The van der Waals surface area contributed by atoms with Crippen LogP contribution in [-0.2, 0) is 9.63 Å². The fourth-order valence-electron chi connectivity index (χ4n) is 0.632. The minimum absolute atomic E-state index is 0.410. The maximum absolute atomic E-state index is 10.8. The first kappa shape index (κ1) is 15.7. The molecule has 0 heterocycles. The molecule has 0 spiro atoms. The second kappa shape index (κ2) is 7.08. The van der Waals surface area contributed by atoms with Crippen LogP contribution in [-0.4, -0.2) is 35.0 Å². The first-order valence-corrected chi connectivity index (χ1v) is 5.85. The molecule has 0 aliphatic carbocycles.